The standard InChI is InChI=1S/C25H46NO.C6H5NO5S/c1-4-5-6-7-8-9-10-11-12-13-14-18-22-27-23-21-26(2,3)24-25-19-16-15-17-20-25;8-7(9)5-2-1-3-6(4-5)13(10,11)12/h15-17,19-20H,4-14,18,21-24H2,1-3H3;1-4H,(H,10,11,12)/q+1;. The predicted octanol–water partition coefficient (Wildman–Crippen LogP) is 7.82. The number of non-ortho nitro benzene ring substituents is 1. The lowest BCUT2D eigenvalue weighted by molar-refractivity contribution is -0.904. The van der Waals surface area contributed by atoms with Gasteiger partial charge in [0.1, 0.15) is 18.0 Å². The van der Waals surface area contributed by atoms with Gasteiger partial charge < -0.3 is 9.22 Å². The lowest BCUT2D eigenvalue weighted by Gasteiger charge is -2.29. The molecule has 0 fully saturated rings. The maximum Gasteiger partial charge on any atom is 0.294 e. The lowest BCUT2D eigenvalue weighted by Crippen LogP contribution is -2.41. The molecule has 0 spiro atoms. The Morgan fingerprint density at radius 1 is 0.800 bits per heavy atom. The number of nitro groups is 1. The van der Waals surface area contributed by atoms with E-state index in [1.165, 1.54) is 88.7 Å². The first kappa shape index (κ1) is 35.7. The Balaban J connectivity index is 0.000000512. The van der Waals surface area contributed by atoms with Gasteiger partial charge in [-0.3, -0.25) is 14.7 Å². The van der Waals surface area contributed by atoms with E-state index in [-0.39, 0.29) is 5.69 Å². The number of quaternary nitrogens is 1. The van der Waals surface area contributed by atoms with Gasteiger partial charge in [0.2, 0.25) is 0 Å². The van der Waals surface area contributed by atoms with Crippen LogP contribution in [0.5, 0.6) is 0 Å². The van der Waals surface area contributed by atoms with E-state index >= 15 is 0 Å². The maximum absolute atomic E-state index is 10.5. The molecule has 1 N–H and O–H groups in total. The molecule has 2 aromatic carbocycles. The van der Waals surface area contributed by atoms with E-state index in [0.29, 0.717) is 0 Å². The van der Waals surface area contributed by atoms with Gasteiger partial charge >= 0.3 is 0 Å². The summed E-state index contributed by atoms with van der Waals surface area (Å²) in [5.74, 6) is 0. The Morgan fingerprint density at radius 2 is 1.35 bits per heavy atom. The molecule has 0 heterocycles. The number of benzene rings is 2. The zero-order chi connectivity index (χ0) is 29.7. The molecule has 40 heavy (non-hydrogen) atoms. The van der Waals surface area contributed by atoms with Crippen molar-refractivity contribution in [2.75, 3.05) is 33.9 Å². The number of likely N-dealkylation sites (N-methyl/N-ethyl adjacent to an activating group) is 1. The molecule has 0 aliphatic heterocycles. The second-order valence-corrected chi connectivity index (χ2v) is 12.5. The van der Waals surface area contributed by atoms with Crippen LogP contribution in [-0.4, -0.2) is 56.2 Å². The molecule has 2 aromatic rings. The number of unbranched alkanes of at least 4 members (excludes halogenated alkanes) is 11. The Kier molecular flexibility index (Phi) is 18.3. The average molecular weight is 580 g/mol. The molecule has 8 nitrogen and oxygen atoms in total. The van der Waals surface area contributed by atoms with Crippen LogP contribution in [0, 0.1) is 10.1 Å². The first-order valence-corrected chi connectivity index (χ1v) is 16.1. The van der Waals surface area contributed by atoms with E-state index in [4.69, 9.17) is 9.29 Å². The molecular formula is C31H51N2O6S+. The zero-order valence-electron chi connectivity index (χ0n) is 24.8. The van der Waals surface area contributed by atoms with Gasteiger partial charge in [0, 0.05) is 24.3 Å². The molecule has 0 atom stereocenters. The van der Waals surface area contributed by atoms with Gasteiger partial charge in [-0.25, -0.2) is 0 Å². The van der Waals surface area contributed by atoms with Crippen molar-refractivity contribution in [2.24, 2.45) is 0 Å². The second-order valence-electron chi connectivity index (χ2n) is 11.0. The van der Waals surface area contributed by atoms with E-state index < -0.39 is 19.9 Å². The van der Waals surface area contributed by atoms with Gasteiger partial charge in [-0.15, -0.1) is 0 Å². The van der Waals surface area contributed by atoms with Crippen LogP contribution in [0.25, 0.3) is 0 Å². The molecule has 0 saturated carbocycles. The van der Waals surface area contributed by atoms with E-state index in [2.05, 4.69) is 51.4 Å². The van der Waals surface area contributed by atoms with Crippen molar-refractivity contribution < 1.29 is 27.1 Å². The van der Waals surface area contributed by atoms with Crippen LogP contribution in [0.15, 0.2) is 59.5 Å². The highest BCUT2D eigenvalue weighted by molar-refractivity contribution is 7.85. The summed E-state index contributed by atoms with van der Waals surface area (Å²) >= 11 is 0. The lowest BCUT2D eigenvalue weighted by atomic mass is 10.1. The summed E-state index contributed by atoms with van der Waals surface area (Å²) in [7, 11) is 0.220. The summed E-state index contributed by atoms with van der Waals surface area (Å²) in [4.78, 5) is 8.98. The molecule has 9 heteroatoms. The highest BCUT2D eigenvalue weighted by Crippen LogP contribution is 2.16. The monoisotopic (exact) mass is 579 g/mol. The van der Waals surface area contributed by atoms with Crippen LogP contribution in [0.2, 0.25) is 0 Å². The number of nitro benzene ring substituents is 1. The van der Waals surface area contributed by atoms with Gasteiger partial charge in [-0.1, -0.05) is 114 Å². The quantitative estimate of drug-likeness (QED) is 0.0563. The molecule has 0 aliphatic carbocycles. The summed E-state index contributed by atoms with van der Waals surface area (Å²) in [6.45, 7) is 6.24. The van der Waals surface area contributed by atoms with E-state index in [1.807, 2.05) is 0 Å². The van der Waals surface area contributed by atoms with Crippen molar-refractivity contribution in [3.63, 3.8) is 0 Å². The smallest absolute Gasteiger partial charge is 0.294 e. The number of nitrogens with zero attached hydrogens (tertiary/aromatic N) is 2. The average Bonchev–Trinajstić information content (AvgIpc) is 2.91. The van der Waals surface area contributed by atoms with E-state index in [0.717, 1.165) is 49.0 Å². The van der Waals surface area contributed by atoms with Gasteiger partial charge in [0.05, 0.1) is 25.6 Å². The third kappa shape index (κ3) is 18.1. The van der Waals surface area contributed by atoms with Crippen molar-refractivity contribution in [1.82, 2.24) is 0 Å². The Labute approximate surface area is 242 Å². The largest absolute Gasteiger partial charge is 0.376 e. The minimum atomic E-state index is -4.36. The van der Waals surface area contributed by atoms with Crippen LogP contribution in [0.4, 0.5) is 5.69 Å². The third-order valence-electron chi connectivity index (χ3n) is 6.76. The number of ether oxygens (including phenoxy) is 1. The van der Waals surface area contributed by atoms with Crippen LogP contribution in [-0.2, 0) is 21.4 Å². The van der Waals surface area contributed by atoms with Gasteiger partial charge in [0.15, 0.2) is 0 Å². The summed E-state index contributed by atoms with van der Waals surface area (Å²) in [6, 6.07) is 14.9. The van der Waals surface area contributed by atoms with E-state index in [9.17, 15) is 18.5 Å². The van der Waals surface area contributed by atoms with Gasteiger partial charge in [-0.2, -0.15) is 8.42 Å². The Morgan fingerprint density at radius 3 is 1.88 bits per heavy atom. The van der Waals surface area contributed by atoms with Gasteiger partial charge in [-0.05, 0) is 12.5 Å². The molecule has 0 radical (unpaired) electrons. The Hall–Kier alpha value is -2.33. The van der Waals surface area contributed by atoms with Gasteiger partial charge in [0.25, 0.3) is 15.8 Å². The van der Waals surface area contributed by atoms with Crippen molar-refractivity contribution in [1.29, 1.82) is 0 Å². The minimum Gasteiger partial charge on any atom is -0.376 e. The zero-order valence-corrected chi connectivity index (χ0v) is 25.6. The first-order valence-electron chi connectivity index (χ1n) is 14.7. The first-order chi connectivity index (χ1) is 19.0. The van der Waals surface area contributed by atoms with E-state index in [1.54, 1.807) is 0 Å². The highest BCUT2D eigenvalue weighted by atomic mass is 32.2. The molecule has 0 aromatic heterocycles. The fraction of sp³-hybridized carbons (Fsp3) is 0.613. The Bertz CT molecular complexity index is 1040. The van der Waals surface area contributed by atoms with Crippen molar-refractivity contribution in [2.45, 2.75) is 95.4 Å². The van der Waals surface area contributed by atoms with Crippen LogP contribution < -0.4 is 0 Å². The van der Waals surface area contributed by atoms with Crippen molar-refractivity contribution >= 4 is 15.8 Å². The molecule has 0 unspecified atom stereocenters. The van der Waals surface area contributed by atoms with Crippen molar-refractivity contribution in [3.8, 4) is 0 Å². The number of rotatable bonds is 20. The summed E-state index contributed by atoms with van der Waals surface area (Å²) in [5.41, 5.74) is 1.03. The second kappa shape index (κ2) is 20.5. The third-order valence-corrected chi connectivity index (χ3v) is 7.61. The fourth-order valence-electron chi connectivity index (χ4n) is 4.37. The molecule has 0 saturated heterocycles. The molecule has 226 valence electrons. The molecule has 0 aliphatic rings. The normalized spacial score (nSPS) is 11.6. The molecular weight excluding hydrogens is 528 g/mol. The summed E-state index contributed by atoms with van der Waals surface area (Å²) in [5, 5.41) is 10.2. The highest BCUT2D eigenvalue weighted by Gasteiger charge is 2.15. The number of hydrogen-bond acceptors (Lipinski definition) is 5. The summed E-state index contributed by atoms with van der Waals surface area (Å²) < 4.78 is 36.5. The SMILES string of the molecule is CCCCCCCCCCCCCCOCC[N+](C)(C)Cc1ccccc1.O=[N+]([O-])c1cccc(S(=O)(=O)O)c1. The predicted molar refractivity (Wildman–Crippen MR) is 162 cm³/mol. The molecule has 0 bridgehead atoms. The summed E-state index contributed by atoms with van der Waals surface area (Å²) in [6.07, 6.45) is 16.8. The number of hydrogen-bond donors (Lipinski definition) is 1. The molecule has 0 amide bonds. The molecule has 2 rings (SSSR count). The van der Waals surface area contributed by atoms with Crippen molar-refractivity contribution in [3.05, 3.63) is 70.3 Å². The van der Waals surface area contributed by atoms with Crippen LogP contribution in [0.3, 0.4) is 0 Å². The van der Waals surface area contributed by atoms with Crippen LogP contribution >= 0.6 is 0 Å². The minimum absolute atomic E-state index is 0.380. The topological polar surface area (TPSA) is 107 Å². The van der Waals surface area contributed by atoms with Crippen LogP contribution in [0.1, 0.15) is 89.5 Å². The fourth-order valence-corrected chi connectivity index (χ4v) is 4.89. The maximum atomic E-state index is 10.5.